The van der Waals surface area contributed by atoms with Gasteiger partial charge in [-0.25, -0.2) is 4.79 Å². The van der Waals surface area contributed by atoms with Gasteiger partial charge in [-0.1, -0.05) is 42.5 Å². The van der Waals surface area contributed by atoms with Gasteiger partial charge in [0.1, 0.15) is 0 Å². The summed E-state index contributed by atoms with van der Waals surface area (Å²) in [7, 11) is 1.54. The molecule has 5 heteroatoms. The lowest BCUT2D eigenvalue weighted by Gasteiger charge is -2.42. The van der Waals surface area contributed by atoms with Crippen LogP contribution in [0.1, 0.15) is 54.5 Å². The monoisotopic (exact) mass is 424 g/mol. The number of aliphatic carboxylic acids is 1. The second-order valence-electron chi connectivity index (χ2n) is 8.46. The van der Waals surface area contributed by atoms with Gasteiger partial charge in [0, 0.05) is 17.4 Å². The highest BCUT2D eigenvalue weighted by Gasteiger charge is 2.39. The van der Waals surface area contributed by atoms with Crippen LogP contribution >= 0.6 is 0 Å². The van der Waals surface area contributed by atoms with E-state index in [4.69, 9.17) is 19.3 Å². The zero-order chi connectivity index (χ0) is 22.7. The van der Waals surface area contributed by atoms with Crippen molar-refractivity contribution in [3.05, 3.63) is 70.8 Å². The van der Waals surface area contributed by atoms with Gasteiger partial charge < -0.3 is 19.3 Å². The van der Waals surface area contributed by atoms with Gasteiger partial charge >= 0.3 is 5.97 Å². The van der Waals surface area contributed by atoms with Gasteiger partial charge in [-0.3, -0.25) is 0 Å². The number of aryl methyl sites for hydroxylation is 2. The van der Waals surface area contributed by atoms with E-state index < -0.39 is 12.6 Å². The van der Waals surface area contributed by atoms with Crippen LogP contribution in [0.25, 0.3) is 0 Å². The van der Waals surface area contributed by atoms with Gasteiger partial charge in [0.05, 0.1) is 19.3 Å². The summed E-state index contributed by atoms with van der Waals surface area (Å²) in [6, 6.07) is 12.2. The summed E-state index contributed by atoms with van der Waals surface area (Å²) in [6.07, 6.45) is 0.564. The summed E-state index contributed by atoms with van der Waals surface area (Å²) < 4.78 is 17.7. The van der Waals surface area contributed by atoms with E-state index >= 15 is 0 Å². The van der Waals surface area contributed by atoms with Crippen LogP contribution in [0, 0.1) is 19.8 Å². The van der Waals surface area contributed by atoms with Crippen molar-refractivity contribution in [3.8, 4) is 11.5 Å². The number of carboxylic acid groups (broad SMARTS) is 1. The van der Waals surface area contributed by atoms with Crippen molar-refractivity contribution in [1.29, 1.82) is 0 Å². The van der Waals surface area contributed by atoms with Crippen LogP contribution in [0.3, 0.4) is 0 Å². The minimum atomic E-state index is -1.04. The first-order valence-corrected chi connectivity index (χ1v) is 10.6. The molecule has 1 heterocycles. The van der Waals surface area contributed by atoms with E-state index in [-0.39, 0.29) is 24.0 Å². The van der Waals surface area contributed by atoms with Crippen LogP contribution in [-0.2, 0) is 9.53 Å². The largest absolute Gasteiger partial charge is 0.493 e. The Labute approximate surface area is 184 Å². The average molecular weight is 425 g/mol. The molecule has 0 aromatic heterocycles. The summed E-state index contributed by atoms with van der Waals surface area (Å²) in [4.78, 5) is 11.1. The number of para-hydroxylation sites is 1. The van der Waals surface area contributed by atoms with Crippen LogP contribution in [0.5, 0.6) is 11.5 Å². The normalized spacial score (nSPS) is 23.3. The first-order valence-electron chi connectivity index (χ1n) is 10.6. The topological polar surface area (TPSA) is 65.0 Å². The third-order valence-corrected chi connectivity index (χ3v) is 6.27. The molecule has 4 atom stereocenters. The number of hydrogen-bond donors (Lipinski definition) is 1. The van der Waals surface area contributed by atoms with Crippen LogP contribution in [0.15, 0.2) is 48.6 Å². The molecule has 2 aromatic carbocycles. The fraction of sp³-hybridized carbons (Fsp3) is 0.423. The van der Waals surface area contributed by atoms with Crippen molar-refractivity contribution in [2.24, 2.45) is 5.92 Å². The summed E-state index contributed by atoms with van der Waals surface area (Å²) >= 11 is 0. The number of benzene rings is 2. The van der Waals surface area contributed by atoms with Crippen molar-refractivity contribution in [3.63, 3.8) is 0 Å². The number of ether oxygens (including phenoxy) is 3. The molecule has 0 aliphatic carbocycles. The Bertz CT molecular complexity index is 964. The van der Waals surface area contributed by atoms with Crippen molar-refractivity contribution in [2.45, 2.75) is 52.2 Å². The highest BCUT2D eigenvalue weighted by atomic mass is 16.5. The molecule has 0 amide bonds. The number of hydrogen-bond acceptors (Lipinski definition) is 4. The number of methoxy groups -OCH3 is 1. The molecule has 2 aromatic rings. The fourth-order valence-corrected chi connectivity index (χ4v) is 4.37. The molecule has 166 valence electrons. The van der Waals surface area contributed by atoms with E-state index in [0.717, 1.165) is 17.6 Å². The molecule has 0 radical (unpaired) electrons. The smallest absolute Gasteiger partial charge is 0.341 e. The van der Waals surface area contributed by atoms with Gasteiger partial charge in [0.25, 0.3) is 0 Å². The molecule has 1 N–H and O–H groups in total. The lowest BCUT2D eigenvalue weighted by molar-refractivity contribution is -0.139. The number of carboxylic acids is 1. The molecule has 31 heavy (non-hydrogen) atoms. The second-order valence-corrected chi connectivity index (χ2v) is 8.46. The van der Waals surface area contributed by atoms with Gasteiger partial charge in [-0.15, -0.1) is 0 Å². The standard InChI is InChI=1S/C26H32O5/c1-15(2)21-13-22(19-11-10-16(3)17(4)12-19)18(5)31-25(21)20-8-7-9-23(29-6)26(20)30-14-24(27)28/h7-12,18,21-22,25H,1,13-14H2,2-6H3,(H,27,28)/t18-,21+,22-,25+/m0/s1. The lowest BCUT2D eigenvalue weighted by atomic mass is 9.75. The Kier molecular flexibility index (Phi) is 7.06. The Balaban J connectivity index is 1.98. The van der Waals surface area contributed by atoms with Gasteiger partial charge in [-0.05, 0) is 56.9 Å². The molecule has 5 nitrogen and oxygen atoms in total. The van der Waals surface area contributed by atoms with E-state index in [9.17, 15) is 4.79 Å². The van der Waals surface area contributed by atoms with Crippen molar-refractivity contribution < 1.29 is 24.1 Å². The fourth-order valence-electron chi connectivity index (χ4n) is 4.37. The predicted molar refractivity (Wildman–Crippen MR) is 121 cm³/mol. The second kappa shape index (κ2) is 9.56. The van der Waals surface area contributed by atoms with Gasteiger partial charge in [0.15, 0.2) is 18.1 Å². The molecule has 1 fully saturated rings. The minimum Gasteiger partial charge on any atom is -0.493 e. The Morgan fingerprint density at radius 2 is 1.97 bits per heavy atom. The molecule has 0 spiro atoms. The van der Waals surface area contributed by atoms with E-state index in [1.807, 2.05) is 19.1 Å². The van der Waals surface area contributed by atoms with E-state index in [2.05, 4.69) is 45.5 Å². The van der Waals surface area contributed by atoms with Crippen LogP contribution in [-0.4, -0.2) is 30.9 Å². The lowest BCUT2D eigenvalue weighted by Crippen LogP contribution is -2.34. The average Bonchev–Trinajstić information content (AvgIpc) is 2.73. The molecule has 0 unspecified atom stereocenters. The number of rotatable bonds is 7. The Morgan fingerprint density at radius 1 is 1.23 bits per heavy atom. The van der Waals surface area contributed by atoms with Crippen LogP contribution in [0.2, 0.25) is 0 Å². The quantitative estimate of drug-likeness (QED) is 0.586. The van der Waals surface area contributed by atoms with Crippen LogP contribution in [0.4, 0.5) is 0 Å². The third kappa shape index (κ3) is 4.93. The Hall–Kier alpha value is -2.79. The van der Waals surface area contributed by atoms with Crippen LogP contribution < -0.4 is 9.47 Å². The van der Waals surface area contributed by atoms with E-state index in [0.29, 0.717) is 11.5 Å². The zero-order valence-corrected chi connectivity index (χ0v) is 19.0. The SMILES string of the molecule is C=C(C)[C@H]1C[C@H](c2ccc(C)c(C)c2)[C@H](C)O[C@@H]1c1cccc(OC)c1OCC(=O)O. The summed E-state index contributed by atoms with van der Waals surface area (Å²) in [6.45, 7) is 12.2. The maximum absolute atomic E-state index is 11.1. The number of carbonyl (C=O) groups is 1. The molecule has 1 saturated heterocycles. The first-order chi connectivity index (χ1) is 14.7. The molecule has 1 aliphatic rings. The first kappa shape index (κ1) is 22.9. The van der Waals surface area contributed by atoms with Gasteiger partial charge in [0.2, 0.25) is 0 Å². The van der Waals surface area contributed by atoms with Gasteiger partial charge in [-0.2, -0.15) is 0 Å². The van der Waals surface area contributed by atoms with Crippen molar-refractivity contribution in [2.75, 3.05) is 13.7 Å². The minimum absolute atomic E-state index is 0.0266. The van der Waals surface area contributed by atoms with Crippen molar-refractivity contribution >= 4 is 5.97 Å². The molecule has 3 rings (SSSR count). The highest BCUT2D eigenvalue weighted by Crippen LogP contribution is 2.49. The summed E-state index contributed by atoms with van der Waals surface area (Å²) in [5, 5.41) is 9.11. The highest BCUT2D eigenvalue weighted by molar-refractivity contribution is 5.69. The third-order valence-electron chi connectivity index (χ3n) is 6.27. The summed E-state index contributed by atoms with van der Waals surface area (Å²) in [5.74, 6) is 0.168. The molecule has 0 saturated carbocycles. The van der Waals surface area contributed by atoms with Crippen molar-refractivity contribution in [1.82, 2.24) is 0 Å². The molecule has 1 aliphatic heterocycles. The van der Waals surface area contributed by atoms with E-state index in [1.165, 1.54) is 16.7 Å². The summed E-state index contributed by atoms with van der Waals surface area (Å²) in [5.41, 5.74) is 5.64. The Morgan fingerprint density at radius 3 is 2.58 bits per heavy atom. The molecule has 0 bridgehead atoms. The van der Waals surface area contributed by atoms with E-state index in [1.54, 1.807) is 13.2 Å². The maximum Gasteiger partial charge on any atom is 0.341 e. The zero-order valence-electron chi connectivity index (χ0n) is 19.0. The molecular formula is C26H32O5. The molecular weight excluding hydrogens is 392 g/mol. The predicted octanol–water partition coefficient (Wildman–Crippen LogP) is 5.60. The maximum atomic E-state index is 11.1.